The molecule has 2 aromatic carbocycles. The van der Waals surface area contributed by atoms with E-state index >= 15 is 0 Å². The maximum Gasteiger partial charge on any atom is 0.0435 e. The molecule has 1 atom stereocenters. The number of fused-ring (bicyclic) bond motifs is 1. The monoisotopic (exact) mass is 279 g/mol. The second kappa shape index (κ2) is 6.34. The predicted octanol–water partition coefficient (Wildman–Crippen LogP) is 5.29. The fourth-order valence-electron chi connectivity index (χ4n) is 3.54. The van der Waals surface area contributed by atoms with Crippen LogP contribution in [0.4, 0.5) is 5.69 Å². The van der Waals surface area contributed by atoms with Crippen molar-refractivity contribution in [3.8, 4) is 0 Å². The number of unbranched alkanes of at least 4 members (excludes halogenated alkanes) is 1. The van der Waals surface area contributed by atoms with Crippen molar-refractivity contribution in [3.63, 3.8) is 0 Å². The van der Waals surface area contributed by atoms with Crippen molar-refractivity contribution < 1.29 is 0 Å². The molecule has 0 fully saturated rings. The van der Waals surface area contributed by atoms with Gasteiger partial charge >= 0.3 is 0 Å². The molecule has 1 aliphatic heterocycles. The summed E-state index contributed by atoms with van der Waals surface area (Å²) < 4.78 is 0. The molecule has 1 heteroatoms. The minimum absolute atomic E-state index is 0.712. The SMILES string of the molecule is CCCCC1CN(Cc2ccccc2)c2c(C)cccc21. The number of aryl methyl sites for hydroxylation is 1. The second-order valence-corrected chi connectivity index (χ2v) is 6.22. The van der Waals surface area contributed by atoms with Gasteiger partial charge in [0, 0.05) is 24.7 Å². The Morgan fingerprint density at radius 3 is 2.62 bits per heavy atom. The summed E-state index contributed by atoms with van der Waals surface area (Å²) >= 11 is 0. The number of para-hydroxylation sites is 1. The van der Waals surface area contributed by atoms with Gasteiger partial charge in [-0.05, 0) is 30.0 Å². The zero-order valence-electron chi connectivity index (χ0n) is 13.2. The summed E-state index contributed by atoms with van der Waals surface area (Å²) in [6, 6.07) is 17.6. The van der Waals surface area contributed by atoms with E-state index in [2.05, 4.69) is 67.3 Å². The third kappa shape index (κ3) is 2.97. The Kier molecular flexibility index (Phi) is 4.28. The van der Waals surface area contributed by atoms with Gasteiger partial charge < -0.3 is 4.90 Å². The predicted molar refractivity (Wildman–Crippen MR) is 90.9 cm³/mol. The van der Waals surface area contributed by atoms with Crippen LogP contribution in [0.15, 0.2) is 48.5 Å². The molecule has 3 rings (SSSR count). The van der Waals surface area contributed by atoms with Crippen molar-refractivity contribution in [3.05, 3.63) is 65.2 Å². The minimum Gasteiger partial charge on any atom is -0.366 e. The number of anilines is 1. The molecule has 1 nitrogen and oxygen atoms in total. The molecule has 0 bridgehead atoms. The van der Waals surface area contributed by atoms with Gasteiger partial charge in [-0.25, -0.2) is 0 Å². The van der Waals surface area contributed by atoms with Gasteiger partial charge in [0.05, 0.1) is 0 Å². The van der Waals surface area contributed by atoms with Crippen molar-refractivity contribution in [2.45, 2.75) is 45.6 Å². The Morgan fingerprint density at radius 1 is 1.05 bits per heavy atom. The van der Waals surface area contributed by atoms with E-state index in [1.807, 2.05) is 0 Å². The molecule has 21 heavy (non-hydrogen) atoms. The van der Waals surface area contributed by atoms with E-state index in [0.29, 0.717) is 5.92 Å². The van der Waals surface area contributed by atoms with Crippen molar-refractivity contribution in [2.24, 2.45) is 0 Å². The van der Waals surface area contributed by atoms with E-state index in [9.17, 15) is 0 Å². The van der Waals surface area contributed by atoms with E-state index < -0.39 is 0 Å². The van der Waals surface area contributed by atoms with Crippen molar-refractivity contribution in [1.82, 2.24) is 0 Å². The summed E-state index contributed by atoms with van der Waals surface area (Å²) in [6.45, 7) is 6.74. The van der Waals surface area contributed by atoms with Crippen LogP contribution in [-0.2, 0) is 6.54 Å². The van der Waals surface area contributed by atoms with Crippen molar-refractivity contribution in [1.29, 1.82) is 0 Å². The highest BCUT2D eigenvalue weighted by Crippen LogP contribution is 2.41. The van der Waals surface area contributed by atoms with Crippen LogP contribution in [0.5, 0.6) is 0 Å². The number of hydrogen-bond acceptors (Lipinski definition) is 1. The van der Waals surface area contributed by atoms with Gasteiger partial charge in [0.25, 0.3) is 0 Å². The lowest BCUT2D eigenvalue weighted by Crippen LogP contribution is -2.21. The normalized spacial score (nSPS) is 17.0. The highest BCUT2D eigenvalue weighted by Gasteiger charge is 2.29. The average molecular weight is 279 g/mol. The molecular weight excluding hydrogens is 254 g/mol. The zero-order chi connectivity index (χ0) is 14.7. The van der Waals surface area contributed by atoms with Crippen LogP contribution >= 0.6 is 0 Å². The topological polar surface area (TPSA) is 3.24 Å². The molecule has 0 aromatic heterocycles. The third-order valence-corrected chi connectivity index (χ3v) is 4.59. The van der Waals surface area contributed by atoms with E-state index in [1.54, 1.807) is 5.56 Å². The largest absolute Gasteiger partial charge is 0.366 e. The minimum atomic E-state index is 0.712. The Hall–Kier alpha value is -1.76. The van der Waals surface area contributed by atoms with Gasteiger partial charge in [-0.1, -0.05) is 68.3 Å². The summed E-state index contributed by atoms with van der Waals surface area (Å²) in [5.41, 5.74) is 5.88. The Morgan fingerprint density at radius 2 is 1.86 bits per heavy atom. The van der Waals surface area contributed by atoms with Crippen LogP contribution < -0.4 is 4.90 Å². The van der Waals surface area contributed by atoms with Gasteiger partial charge in [-0.15, -0.1) is 0 Å². The molecule has 0 spiro atoms. The van der Waals surface area contributed by atoms with Crippen LogP contribution in [0.3, 0.4) is 0 Å². The first-order valence-corrected chi connectivity index (χ1v) is 8.18. The van der Waals surface area contributed by atoms with Gasteiger partial charge in [0.15, 0.2) is 0 Å². The van der Waals surface area contributed by atoms with Crippen LogP contribution in [0.2, 0.25) is 0 Å². The third-order valence-electron chi connectivity index (χ3n) is 4.59. The lowest BCUT2D eigenvalue weighted by Gasteiger charge is -2.21. The number of hydrogen-bond donors (Lipinski definition) is 0. The molecule has 0 saturated carbocycles. The molecule has 2 aromatic rings. The van der Waals surface area contributed by atoms with Crippen LogP contribution in [0.1, 0.15) is 48.8 Å². The van der Waals surface area contributed by atoms with Crippen LogP contribution in [0.25, 0.3) is 0 Å². The fourth-order valence-corrected chi connectivity index (χ4v) is 3.54. The van der Waals surface area contributed by atoms with Gasteiger partial charge in [-0.2, -0.15) is 0 Å². The lowest BCUT2D eigenvalue weighted by molar-refractivity contribution is 0.596. The number of benzene rings is 2. The standard InChI is InChI=1S/C20H25N/c1-3-4-12-18-15-21(14-17-10-6-5-7-11-17)20-16(2)9-8-13-19(18)20/h5-11,13,18H,3-4,12,14-15H2,1-2H3. The van der Waals surface area contributed by atoms with Crippen LogP contribution in [0, 0.1) is 6.92 Å². The molecule has 1 heterocycles. The van der Waals surface area contributed by atoms with Crippen LogP contribution in [-0.4, -0.2) is 6.54 Å². The van der Waals surface area contributed by atoms with Crippen molar-refractivity contribution in [2.75, 3.05) is 11.4 Å². The zero-order valence-corrected chi connectivity index (χ0v) is 13.2. The van der Waals surface area contributed by atoms with E-state index in [0.717, 1.165) is 6.54 Å². The quantitative estimate of drug-likeness (QED) is 0.719. The summed E-state index contributed by atoms with van der Waals surface area (Å²) in [6.07, 6.45) is 3.94. The molecule has 0 amide bonds. The van der Waals surface area contributed by atoms with Crippen molar-refractivity contribution >= 4 is 5.69 Å². The molecule has 0 N–H and O–H groups in total. The molecular formula is C20H25N. The van der Waals surface area contributed by atoms with Gasteiger partial charge in [0.2, 0.25) is 0 Å². The second-order valence-electron chi connectivity index (χ2n) is 6.22. The highest BCUT2D eigenvalue weighted by atomic mass is 15.2. The number of rotatable bonds is 5. The summed E-state index contributed by atoms with van der Waals surface area (Å²) in [7, 11) is 0. The van der Waals surface area contributed by atoms with Gasteiger partial charge in [-0.3, -0.25) is 0 Å². The summed E-state index contributed by atoms with van der Waals surface area (Å²) in [5, 5.41) is 0. The summed E-state index contributed by atoms with van der Waals surface area (Å²) in [5.74, 6) is 0.712. The lowest BCUT2D eigenvalue weighted by atomic mass is 9.94. The fraction of sp³-hybridized carbons (Fsp3) is 0.400. The Labute approximate surface area is 128 Å². The summed E-state index contributed by atoms with van der Waals surface area (Å²) in [4.78, 5) is 2.58. The van der Waals surface area contributed by atoms with E-state index in [1.165, 1.54) is 42.6 Å². The Balaban J connectivity index is 1.86. The van der Waals surface area contributed by atoms with E-state index in [4.69, 9.17) is 0 Å². The maximum absolute atomic E-state index is 2.58. The molecule has 1 aliphatic rings. The molecule has 0 aliphatic carbocycles. The Bertz CT molecular complexity index is 588. The first kappa shape index (κ1) is 14.2. The molecule has 110 valence electrons. The first-order chi connectivity index (χ1) is 10.3. The van der Waals surface area contributed by atoms with E-state index in [-0.39, 0.29) is 0 Å². The first-order valence-electron chi connectivity index (χ1n) is 8.18. The smallest absolute Gasteiger partial charge is 0.0435 e. The average Bonchev–Trinajstić information content (AvgIpc) is 2.85. The highest BCUT2D eigenvalue weighted by molar-refractivity contribution is 5.65. The molecule has 0 radical (unpaired) electrons. The molecule has 0 saturated heterocycles. The molecule has 1 unspecified atom stereocenters. The number of nitrogens with zero attached hydrogens (tertiary/aromatic N) is 1. The van der Waals surface area contributed by atoms with Gasteiger partial charge in [0.1, 0.15) is 0 Å². The maximum atomic E-state index is 2.58.